The Morgan fingerprint density at radius 2 is 2.31 bits per heavy atom. The molecule has 0 aliphatic carbocycles. The van der Waals surface area contributed by atoms with Gasteiger partial charge in [0, 0.05) is 17.7 Å². The van der Waals surface area contributed by atoms with E-state index >= 15 is 0 Å². The lowest BCUT2D eigenvalue weighted by molar-refractivity contribution is 0.402. The standard InChI is InChI=1S/C12H17N3O/c1-16-12-5-3-2-4-10(12)11-8-9(6-7-13)14-15-11/h2-5,11,15H,6-8,13H2,1H3. The number of rotatable bonds is 4. The van der Waals surface area contributed by atoms with Gasteiger partial charge < -0.3 is 15.9 Å². The summed E-state index contributed by atoms with van der Waals surface area (Å²) in [5.41, 5.74) is 10.9. The van der Waals surface area contributed by atoms with Gasteiger partial charge in [0.15, 0.2) is 0 Å². The van der Waals surface area contributed by atoms with Gasteiger partial charge in [-0.3, -0.25) is 0 Å². The minimum absolute atomic E-state index is 0.220. The number of hydrogen-bond donors (Lipinski definition) is 2. The zero-order valence-corrected chi connectivity index (χ0v) is 9.44. The van der Waals surface area contributed by atoms with Crippen LogP contribution in [0.1, 0.15) is 24.4 Å². The van der Waals surface area contributed by atoms with E-state index in [0.717, 1.165) is 29.9 Å². The predicted octanol–water partition coefficient (Wildman–Crippen LogP) is 1.43. The van der Waals surface area contributed by atoms with E-state index in [1.165, 1.54) is 0 Å². The van der Waals surface area contributed by atoms with Crippen LogP contribution in [0, 0.1) is 0 Å². The van der Waals surface area contributed by atoms with Crippen LogP contribution in [-0.2, 0) is 0 Å². The molecule has 0 spiro atoms. The zero-order valence-electron chi connectivity index (χ0n) is 9.44. The van der Waals surface area contributed by atoms with E-state index in [2.05, 4.69) is 16.6 Å². The topological polar surface area (TPSA) is 59.6 Å². The van der Waals surface area contributed by atoms with Crippen molar-refractivity contribution in [2.45, 2.75) is 18.9 Å². The number of benzene rings is 1. The second-order valence-corrected chi connectivity index (χ2v) is 3.84. The summed E-state index contributed by atoms with van der Waals surface area (Å²) in [6.45, 7) is 0.652. The number of hydrazone groups is 1. The minimum atomic E-state index is 0.220. The van der Waals surface area contributed by atoms with Gasteiger partial charge in [0.2, 0.25) is 0 Å². The van der Waals surface area contributed by atoms with Gasteiger partial charge in [0.05, 0.1) is 13.2 Å². The van der Waals surface area contributed by atoms with Gasteiger partial charge >= 0.3 is 0 Å². The Morgan fingerprint density at radius 3 is 3.06 bits per heavy atom. The average molecular weight is 219 g/mol. The van der Waals surface area contributed by atoms with Crippen LogP contribution in [0.25, 0.3) is 0 Å². The molecule has 16 heavy (non-hydrogen) atoms. The number of para-hydroxylation sites is 1. The van der Waals surface area contributed by atoms with Gasteiger partial charge in [-0.15, -0.1) is 0 Å². The van der Waals surface area contributed by atoms with Gasteiger partial charge in [-0.05, 0) is 19.0 Å². The third kappa shape index (κ3) is 2.17. The summed E-state index contributed by atoms with van der Waals surface area (Å²) in [4.78, 5) is 0. The predicted molar refractivity (Wildman–Crippen MR) is 64.6 cm³/mol. The smallest absolute Gasteiger partial charge is 0.124 e. The van der Waals surface area contributed by atoms with E-state index in [4.69, 9.17) is 10.5 Å². The molecule has 0 bridgehead atoms. The van der Waals surface area contributed by atoms with E-state index in [9.17, 15) is 0 Å². The molecule has 1 unspecified atom stereocenters. The lowest BCUT2D eigenvalue weighted by atomic mass is 10.0. The first-order chi connectivity index (χ1) is 7.85. The van der Waals surface area contributed by atoms with Gasteiger partial charge in [-0.1, -0.05) is 18.2 Å². The maximum Gasteiger partial charge on any atom is 0.124 e. The van der Waals surface area contributed by atoms with Crippen LogP contribution in [0.3, 0.4) is 0 Å². The summed E-state index contributed by atoms with van der Waals surface area (Å²) in [5, 5.41) is 4.29. The van der Waals surface area contributed by atoms with Crippen molar-refractivity contribution in [3.8, 4) is 5.75 Å². The van der Waals surface area contributed by atoms with Crippen LogP contribution in [0.15, 0.2) is 29.4 Å². The van der Waals surface area contributed by atoms with Crippen molar-refractivity contribution in [3.63, 3.8) is 0 Å². The number of ether oxygens (including phenoxy) is 1. The average Bonchev–Trinajstić information content (AvgIpc) is 2.78. The third-order valence-corrected chi connectivity index (χ3v) is 2.77. The molecule has 0 amide bonds. The fourth-order valence-corrected chi connectivity index (χ4v) is 1.95. The molecular weight excluding hydrogens is 202 g/mol. The molecule has 1 aliphatic rings. The van der Waals surface area contributed by atoms with Crippen molar-refractivity contribution in [2.24, 2.45) is 10.8 Å². The zero-order chi connectivity index (χ0) is 11.4. The van der Waals surface area contributed by atoms with E-state index < -0.39 is 0 Å². The van der Waals surface area contributed by atoms with E-state index in [0.29, 0.717) is 6.54 Å². The lowest BCUT2D eigenvalue weighted by Gasteiger charge is -2.14. The Morgan fingerprint density at radius 1 is 1.50 bits per heavy atom. The lowest BCUT2D eigenvalue weighted by Crippen LogP contribution is -2.11. The molecule has 0 fully saturated rings. The Balaban J connectivity index is 2.10. The van der Waals surface area contributed by atoms with Gasteiger partial charge in [0.25, 0.3) is 0 Å². The van der Waals surface area contributed by atoms with Crippen molar-refractivity contribution in [1.29, 1.82) is 0 Å². The normalized spacial score (nSPS) is 19.1. The largest absolute Gasteiger partial charge is 0.496 e. The second kappa shape index (κ2) is 4.99. The highest BCUT2D eigenvalue weighted by molar-refractivity contribution is 5.86. The van der Waals surface area contributed by atoms with Crippen LogP contribution >= 0.6 is 0 Å². The number of hydrogen-bond acceptors (Lipinski definition) is 4. The van der Waals surface area contributed by atoms with Crippen molar-refractivity contribution < 1.29 is 4.74 Å². The summed E-state index contributed by atoms with van der Waals surface area (Å²) in [5.74, 6) is 0.907. The highest BCUT2D eigenvalue weighted by Crippen LogP contribution is 2.29. The summed E-state index contributed by atoms with van der Waals surface area (Å²) >= 11 is 0. The first kappa shape index (κ1) is 11.0. The Kier molecular flexibility index (Phi) is 3.41. The molecule has 1 heterocycles. The molecule has 1 aromatic rings. The molecule has 86 valence electrons. The molecule has 4 heteroatoms. The molecule has 0 radical (unpaired) electrons. The fourth-order valence-electron chi connectivity index (χ4n) is 1.95. The molecule has 0 saturated carbocycles. The Bertz CT molecular complexity index is 390. The first-order valence-electron chi connectivity index (χ1n) is 5.49. The quantitative estimate of drug-likeness (QED) is 0.805. The molecular formula is C12H17N3O. The number of nitrogens with two attached hydrogens (primary N) is 1. The van der Waals surface area contributed by atoms with Gasteiger partial charge in [-0.25, -0.2) is 0 Å². The summed E-state index contributed by atoms with van der Waals surface area (Å²) in [6.07, 6.45) is 1.77. The summed E-state index contributed by atoms with van der Waals surface area (Å²) < 4.78 is 5.34. The van der Waals surface area contributed by atoms with Crippen LogP contribution in [0.2, 0.25) is 0 Å². The van der Waals surface area contributed by atoms with Gasteiger partial charge in [0.1, 0.15) is 5.75 Å². The van der Waals surface area contributed by atoms with Crippen LogP contribution in [0.5, 0.6) is 5.75 Å². The van der Waals surface area contributed by atoms with Crippen molar-refractivity contribution in [2.75, 3.05) is 13.7 Å². The molecule has 4 nitrogen and oxygen atoms in total. The van der Waals surface area contributed by atoms with Crippen LogP contribution in [-0.4, -0.2) is 19.4 Å². The Labute approximate surface area is 95.5 Å². The van der Waals surface area contributed by atoms with Crippen molar-refractivity contribution >= 4 is 5.71 Å². The first-order valence-corrected chi connectivity index (χ1v) is 5.49. The third-order valence-electron chi connectivity index (χ3n) is 2.77. The molecule has 1 atom stereocenters. The van der Waals surface area contributed by atoms with E-state index in [1.807, 2.05) is 18.2 Å². The number of nitrogens with one attached hydrogen (secondary N) is 1. The monoisotopic (exact) mass is 219 g/mol. The van der Waals surface area contributed by atoms with E-state index in [-0.39, 0.29) is 6.04 Å². The van der Waals surface area contributed by atoms with Crippen molar-refractivity contribution in [3.05, 3.63) is 29.8 Å². The molecule has 1 aromatic carbocycles. The minimum Gasteiger partial charge on any atom is -0.496 e. The maximum atomic E-state index is 5.52. The number of nitrogens with zero attached hydrogens (tertiary/aromatic N) is 1. The van der Waals surface area contributed by atoms with Crippen molar-refractivity contribution in [1.82, 2.24) is 5.43 Å². The Hall–Kier alpha value is -1.55. The highest BCUT2D eigenvalue weighted by atomic mass is 16.5. The molecule has 0 saturated heterocycles. The van der Waals surface area contributed by atoms with Crippen LogP contribution in [0.4, 0.5) is 0 Å². The second-order valence-electron chi connectivity index (χ2n) is 3.84. The summed E-state index contributed by atoms with van der Waals surface area (Å²) in [7, 11) is 1.69. The SMILES string of the molecule is COc1ccccc1C1CC(CCN)=NN1. The molecule has 0 aromatic heterocycles. The molecule has 1 aliphatic heterocycles. The van der Waals surface area contributed by atoms with E-state index in [1.54, 1.807) is 7.11 Å². The fraction of sp³-hybridized carbons (Fsp3) is 0.417. The van der Waals surface area contributed by atoms with Crippen LogP contribution < -0.4 is 15.9 Å². The number of methoxy groups -OCH3 is 1. The molecule has 2 rings (SSSR count). The molecule has 3 N–H and O–H groups in total. The highest BCUT2D eigenvalue weighted by Gasteiger charge is 2.21. The maximum absolute atomic E-state index is 5.52. The van der Waals surface area contributed by atoms with Gasteiger partial charge in [-0.2, -0.15) is 5.10 Å². The summed E-state index contributed by atoms with van der Waals surface area (Å²) in [6, 6.07) is 8.24.